The molecule has 3 heterocycles. The molecule has 0 aliphatic rings. The van der Waals surface area contributed by atoms with Gasteiger partial charge in [0, 0.05) is 45.6 Å². The number of hydrogen-bond donors (Lipinski definition) is 3. The average Bonchev–Trinajstić information content (AvgIpc) is 3.24. The van der Waals surface area contributed by atoms with E-state index in [9.17, 15) is 9.18 Å². The third-order valence-corrected chi connectivity index (χ3v) is 5.52. The number of benzene rings is 1. The maximum atomic E-state index is 12.7. The minimum atomic E-state index is -1.11. The van der Waals surface area contributed by atoms with E-state index < -0.39 is 12.2 Å². The van der Waals surface area contributed by atoms with E-state index in [0.29, 0.717) is 50.3 Å². The van der Waals surface area contributed by atoms with Crippen LogP contribution in [0.2, 0.25) is 5.02 Å². The highest BCUT2D eigenvalue weighted by molar-refractivity contribution is 6.31. The first-order valence-electron chi connectivity index (χ1n) is 10.5. The molecule has 3 aromatic heterocycles. The van der Waals surface area contributed by atoms with Gasteiger partial charge in [-0.15, -0.1) is 0 Å². The average molecular weight is 493 g/mol. The van der Waals surface area contributed by atoms with Crippen molar-refractivity contribution in [3.05, 3.63) is 35.6 Å². The van der Waals surface area contributed by atoms with Crippen molar-refractivity contribution < 1.29 is 22.9 Å². The molecule has 0 bridgehead atoms. The number of halogens is 2. The fraction of sp³-hybridized carbons (Fsp3) is 0.304. The van der Waals surface area contributed by atoms with Crippen LogP contribution in [0.1, 0.15) is 18.1 Å². The largest absolute Gasteiger partial charge is 0.493 e. The summed E-state index contributed by atoms with van der Waals surface area (Å²) in [5.41, 5.74) is 0.779. The molecule has 0 aliphatic carbocycles. The van der Waals surface area contributed by atoms with Gasteiger partial charge in [0.15, 0.2) is 17.3 Å². The van der Waals surface area contributed by atoms with Crippen LogP contribution in [0.5, 0.6) is 11.5 Å². The van der Waals surface area contributed by atoms with Gasteiger partial charge in [-0.1, -0.05) is 11.6 Å². The van der Waals surface area contributed by atoms with Gasteiger partial charge in [0.1, 0.15) is 23.7 Å². The fourth-order valence-corrected chi connectivity index (χ4v) is 3.73. The fourth-order valence-electron chi connectivity index (χ4n) is 3.57. The van der Waals surface area contributed by atoms with E-state index in [4.69, 9.17) is 31.0 Å². The van der Waals surface area contributed by atoms with E-state index in [0.717, 1.165) is 5.39 Å². The zero-order chi connectivity index (χ0) is 24.5. The predicted molar refractivity (Wildman–Crippen MR) is 136 cm³/mol. The third kappa shape index (κ3) is 4.41. The number of fused-ring (bicyclic) bond motifs is 2. The molecule has 184 valence electrons. The molecule has 1 amide bonds. The number of methoxy groups -OCH3 is 2. The number of H-pyrrole nitrogens is 1. The Balaban J connectivity index is 0.00000228. The number of nitrogens with one attached hydrogen (secondary N) is 3. The topological polar surface area (TPSA) is 114 Å². The Morgan fingerprint density at radius 2 is 1.91 bits per heavy atom. The van der Waals surface area contributed by atoms with Crippen molar-refractivity contribution in [2.45, 2.75) is 19.4 Å². The van der Waals surface area contributed by atoms with Gasteiger partial charge >= 0.3 is 0 Å². The molecule has 0 atom stereocenters. The van der Waals surface area contributed by atoms with Crippen LogP contribution in [0, 0.1) is 0 Å². The molecule has 0 radical (unpaired) electrons. The number of anilines is 1. The third-order valence-electron chi connectivity index (χ3n) is 5.32. The van der Waals surface area contributed by atoms with E-state index in [1.165, 1.54) is 14.2 Å². The highest BCUT2D eigenvalue weighted by Crippen LogP contribution is 2.37. The van der Waals surface area contributed by atoms with Crippen molar-refractivity contribution in [1.82, 2.24) is 25.3 Å². The number of ether oxygens (including phenoxy) is 2. The molecule has 34 heavy (non-hydrogen) atoms. The Bertz CT molecular complexity index is 1390. The first kappa shape index (κ1) is 23.5. The quantitative estimate of drug-likeness (QED) is 0.322. The normalized spacial score (nSPS) is 11.6. The van der Waals surface area contributed by atoms with Crippen LogP contribution in [0.3, 0.4) is 0 Å². The summed E-state index contributed by atoms with van der Waals surface area (Å²) in [5.74, 6) is 1.39. The molecular weight excluding hydrogens is 463 g/mol. The number of aromatic nitrogens is 4. The van der Waals surface area contributed by atoms with Crippen molar-refractivity contribution in [2.24, 2.45) is 0 Å². The lowest BCUT2D eigenvalue weighted by atomic mass is 10.0. The highest BCUT2D eigenvalue weighted by atomic mass is 35.5. The lowest BCUT2D eigenvalue weighted by Crippen LogP contribution is -2.48. The lowest BCUT2D eigenvalue weighted by Gasteiger charge is -2.26. The molecule has 0 fully saturated rings. The van der Waals surface area contributed by atoms with Gasteiger partial charge in [0.05, 0.1) is 24.8 Å². The maximum Gasteiger partial charge on any atom is 0.245 e. The number of nitrogens with zero attached hydrogens (tertiary/aromatic N) is 3. The van der Waals surface area contributed by atoms with Gasteiger partial charge in [-0.2, -0.15) is 0 Å². The standard InChI is InChI=1S/C23H24ClFN6O3.3H2/c1-23(2,22(32)26-6-5-25)31-21-14-8-17(33-3)18(34-4)9-16(14)29-20(30-21)15-11-28-19-13(15)7-12(24)10-27-19;;;/h7-11H,5-6H2,1-4H3,(H,26,32)(H,27,28)(H,29,30,31);3*1H. The van der Waals surface area contributed by atoms with E-state index in [1.807, 2.05) is 0 Å². The first-order chi connectivity index (χ1) is 16.3. The van der Waals surface area contributed by atoms with Crippen LogP contribution < -0.4 is 20.1 Å². The second-order valence-corrected chi connectivity index (χ2v) is 8.50. The van der Waals surface area contributed by atoms with Crippen LogP contribution in [0.25, 0.3) is 33.3 Å². The van der Waals surface area contributed by atoms with Crippen molar-refractivity contribution in [3.63, 3.8) is 0 Å². The number of amides is 1. The van der Waals surface area contributed by atoms with Crippen molar-refractivity contribution in [1.29, 1.82) is 0 Å². The summed E-state index contributed by atoms with van der Waals surface area (Å²) in [6.45, 7) is 2.64. The molecule has 11 heteroatoms. The monoisotopic (exact) mass is 492 g/mol. The van der Waals surface area contributed by atoms with Gasteiger partial charge < -0.3 is 25.1 Å². The second-order valence-electron chi connectivity index (χ2n) is 8.07. The van der Waals surface area contributed by atoms with Gasteiger partial charge in [-0.25, -0.2) is 19.3 Å². The van der Waals surface area contributed by atoms with Crippen LogP contribution in [-0.2, 0) is 4.79 Å². The Morgan fingerprint density at radius 1 is 1.18 bits per heavy atom. The Hall–Kier alpha value is -3.66. The number of pyridine rings is 1. The minimum Gasteiger partial charge on any atom is -0.493 e. The van der Waals surface area contributed by atoms with Crippen LogP contribution in [0.4, 0.5) is 10.2 Å². The molecule has 4 rings (SSSR count). The van der Waals surface area contributed by atoms with Gasteiger partial charge in [0.2, 0.25) is 5.91 Å². The van der Waals surface area contributed by atoms with Gasteiger partial charge in [-0.3, -0.25) is 4.79 Å². The molecule has 9 nitrogen and oxygen atoms in total. The smallest absolute Gasteiger partial charge is 0.245 e. The summed E-state index contributed by atoms with van der Waals surface area (Å²) < 4.78 is 23.5. The summed E-state index contributed by atoms with van der Waals surface area (Å²) >= 11 is 6.17. The van der Waals surface area contributed by atoms with E-state index in [2.05, 4.69) is 20.6 Å². The zero-order valence-corrected chi connectivity index (χ0v) is 19.9. The molecule has 0 unspecified atom stereocenters. The van der Waals surface area contributed by atoms with Crippen LogP contribution >= 0.6 is 11.6 Å². The Morgan fingerprint density at radius 3 is 2.62 bits per heavy atom. The summed E-state index contributed by atoms with van der Waals surface area (Å²) in [5, 5.41) is 7.59. The number of hydrogen-bond acceptors (Lipinski definition) is 7. The van der Waals surface area contributed by atoms with Crippen LogP contribution in [-0.4, -0.2) is 58.8 Å². The maximum absolute atomic E-state index is 12.7. The minimum absolute atomic E-state index is 0. The second kappa shape index (κ2) is 9.30. The van der Waals surface area contributed by atoms with Crippen molar-refractivity contribution >= 4 is 45.3 Å². The molecule has 1 aromatic carbocycles. The van der Waals surface area contributed by atoms with Crippen molar-refractivity contribution in [2.75, 3.05) is 32.8 Å². The number of alkyl halides is 1. The summed E-state index contributed by atoms with van der Waals surface area (Å²) in [4.78, 5) is 29.5. The SMILES string of the molecule is COc1cc2nc(-c3c[nH]c4ncc(Cl)cc34)nc(NC(C)(C)C(=O)NCCF)c2cc1OC.[HH].[HH].[HH]. The molecule has 4 aromatic rings. The van der Waals surface area contributed by atoms with E-state index in [-0.39, 0.29) is 16.7 Å². The number of carbonyl (C=O) groups excluding carboxylic acids is 1. The molecule has 0 aliphatic heterocycles. The molecule has 0 saturated carbocycles. The van der Waals surface area contributed by atoms with E-state index >= 15 is 0 Å². The Kier molecular flexibility index (Phi) is 6.43. The highest BCUT2D eigenvalue weighted by Gasteiger charge is 2.29. The summed E-state index contributed by atoms with van der Waals surface area (Å²) in [6, 6.07) is 5.25. The summed E-state index contributed by atoms with van der Waals surface area (Å²) in [6.07, 6.45) is 3.30. The molecular formula is C23H30ClFN6O3. The molecule has 3 N–H and O–H groups in total. The zero-order valence-electron chi connectivity index (χ0n) is 19.1. The van der Waals surface area contributed by atoms with Gasteiger partial charge in [-0.05, 0) is 26.0 Å². The molecule has 0 saturated heterocycles. The Labute approximate surface area is 204 Å². The number of rotatable bonds is 8. The van der Waals surface area contributed by atoms with Crippen molar-refractivity contribution in [3.8, 4) is 22.9 Å². The predicted octanol–water partition coefficient (Wildman–Crippen LogP) is 4.86. The van der Waals surface area contributed by atoms with E-state index in [1.54, 1.807) is 44.4 Å². The lowest BCUT2D eigenvalue weighted by molar-refractivity contribution is -0.124. The first-order valence-corrected chi connectivity index (χ1v) is 10.8. The number of carbonyl (C=O) groups is 1. The number of aromatic amines is 1. The summed E-state index contributed by atoms with van der Waals surface area (Å²) in [7, 11) is 3.07. The van der Waals surface area contributed by atoms with Crippen LogP contribution in [0.15, 0.2) is 30.6 Å². The van der Waals surface area contributed by atoms with Gasteiger partial charge in [0.25, 0.3) is 0 Å². The molecule has 0 spiro atoms.